The van der Waals surface area contributed by atoms with Gasteiger partial charge in [-0.05, 0) is 19.1 Å². The molecule has 24 heavy (non-hydrogen) atoms. The van der Waals surface area contributed by atoms with Gasteiger partial charge in [0.15, 0.2) is 5.78 Å². The minimum absolute atomic E-state index is 0.000571. The van der Waals surface area contributed by atoms with Gasteiger partial charge in [0.1, 0.15) is 10.4 Å². The normalized spacial score (nSPS) is 13.4. The van der Waals surface area contributed by atoms with Crippen molar-refractivity contribution >= 4 is 29.3 Å². The van der Waals surface area contributed by atoms with Crippen LogP contribution < -0.4 is 19.5 Å². The van der Waals surface area contributed by atoms with Gasteiger partial charge in [0.05, 0.1) is 11.1 Å². The Balaban J connectivity index is 2.59. The third-order valence-corrected chi connectivity index (χ3v) is 4.67. The first kappa shape index (κ1) is 18.2. The van der Waals surface area contributed by atoms with Crippen molar-refractivity contribution in [1.82, 2.24) is 4.57 Å². The van der Waals surface area contributed by atoms with Crippen molar-refractivity contribution in [2.75, 3.05) is 6.61 Å². The summed E-state index contributed by atoms with van der Waals surface area (Å²) in [7, 11) is 1.69. The average Bonchev–Trinajstić information content (AvgIpc) is 2.77. The van der Waals surface area contributed by atoms with E-state index < -0.39 is 5.41 Å². The van der Waals surface area contributed by atoms with Crippen LogP contribution in [0.4, 0.5) is 0 Å². The minimum Gasteiger partial charge on any atom is -0.493 e. The van der Waals surface area contributed by atoms with Crippen LogP contribution in [0, 0.1) is 5.41 Å². The molecule has 0 radical (unpaired) electrons. The number of aromatic nitrogens is 1. The van der Waals surface area contributed by atoms with E-state index in [9.17, 15) is 9.59 Å². The van der Waals surface area contributed by atoms with Crippen LogP contribution in [0.2, 0.25) is 0 Å². The Kier molecular flexibility index (Phi) is 5.44. The topological polar surface area (TPSA) is 48.3 Å². The van der Waals surface area contributed by atoms with Crippen LogP contribution >= 0.6 is 11.3 Å². The maximum atomic E-state index is 12.5. The predicted molar refractivity (Wildman–Crippen MR) is 98.9 cm³/mol. The lowest BCUT2D eigenvalue weighted by molar-refractivity contribution is -0.120. The number of ketones is 1. The molecule has 2 aromatic rings. The van der Waals surface area contributed by atoms with E-state index in [1.54, 1.807) is 13.1 Å². The highest BCUT2D eigenvalue weighted by Crippen LogP contribution is 2.18. The number of hydrogen-bond donors (Lipinski definition) is 0. The van der Waals surface area contributed by atoms with Gasteiger partial charge in [0, 0.05) is 24.1 Å². The van der Waals surface area contributed by atoms with Gasteiger partial charge in [0.25, 0.3) is 5.56 Å². The van der Waals surface area contributed by atoms with Gasteiger partial charge in [-0.15, -0.1) is 11.3 Å². The summed E-state index contributed by atoms with van der Waals surface area (Å²) in [6.07, 6.45) is 3.37. The number of hydrogen-bond acceptors (Lipinski definition) is 4. The van der Waals surface area contributed by atoms with E-state index in [0.717, 1.165) is 11.3 Å². The second-order valence-electron chi connectivity index (χ2n) is 6.54. The maximum Gasteiger partial charge on any atom is 0.268 e. The number of carbonyl (C=O) groups excluding carboxylic acids is 1. The molecule has 1 aromatic carbocycles. The Labute approximate surface area is 145 Å². The molecule has 0 aliphatic rings. The summed E-state index contributed by atoms with van der Waals surface area (Å²) in [5, 5.41) is 0. The van der Waals surface area contributed by atoms with Crippen LogP contribution in [0.5, 0.6) is 5.75 Å². The number of Topliss-reactive ketones (excluding diaryl/α,β-unsaturated/α-hetero) is 1. The number of carbonyl (C=O) groups is 1. The molecule has 0 bridgehead atoms. The fourth-order valence-electron chi connectivity index (χ4n) is 2.06. The van der Waals surface area contributed by atoms with Crippen molar-refractivity contribution in [3.8, 4) is 5.75 Å². The number of ether oxygens (including phenoxy) is 1. The molecular formula is C19H23NO3S. The third kappa shape index (κ3) is 4.03. The summed E-state index contributed by atoms with van der Waals surface area (Å²) in [5.74, 6) is 0.743. The standard InChI is InChI=1S/C19H23NO3S/c1-6-23-14-10-8-7-9-13(14)11-15-18(22)20(5)17(24-15)12-16(21)19(2,3)4/h7-12H,6H2,1-5H3/b15-11-,17-12-. The summed E-state index contributed by atoms with van der Waals surface area (Å²) in [6, 6.07) is 7.59. The largest absolute Gasteiger partial charge is 0.493 e. The van der Waals surface area contributed by atoms with E-state index in [1.165, 1.54) is 15.9 Å². The summed E-state index contributed by atoms with van der Waals surface area (Å²) in [6.45, 7) is 8.08. The van der Waals surface area contributed by atoms with Gasteiger partial charge in [-0.2, -0.15) is 0 Å². The average molecular weight is 345 g/mol. The van der Waals surface area contributed by atoms with Gasteiger partial charge < -0.3 is 9.30 Å². The summed E-state index contributed by atoms with van der Waals surface area (Å²) >= 11 is 1.32. The number of nitrogens with zero attached hydrogens (tertiary/aromatic N) is 1. The first-order valence-corrected chi connectivity index (χ1v) is 8.71. The Hall–Kier alpha value is -2.14. The zero-order valence-electron chi connectivity index (χ0n) is 14.8. The number of para-hydroxylation sites is 1. The quantitative estimate of drug-likeness (QED) is 0.852. The number of thiazole rings is 1. The fraction of sp³-hybridized carbons (Fsp3) is 0.368. The van der Waals surface area contributed by atoms with E-state index in [-0.39, 0.29) is 11.3 Å². The van der Waals surface area contributed by atoms with Gasteiger partial charge >= 0.3 is 0 Å². The number of rotatable bonds is 4. The monoisotopic (exact) mass is 345 g/mol. The molecule has 0 saturated carbocycles. The fourth-order valence-corrected chi connectivity index (χ4v) is 3.09. The SMILES string of the molecule is CCOc1ccccc1/C=c1\s/c(=C\C(=O)C(C)(C)C)n(C)c1=O. The van der Waals surface area contributed by atoms with Crippen molar-refractivity contribution in [2.24, 2.45) is 12.5 Å². The van der Waals surface area contributed by atoms with Crippen molar-refractivity contribution in [2.45, 2.75) is 27.7 Å². The molecule has 0 N–H and O–H groups in total. The minimum atomic E-state index is -0.467. The molecule has 2 rings (SSSR count). The first-order chi connectivity index (χ1) is 11.2. The van der Waals surface area contributed by atoms with Crippen LogP contribution in [-0.2, 0) is 11.8 Å². The molecule has 0 aliphatic heterocycles. The van der Waals surface area contributed by atoms with Gasteiger partial charge in [-0.25, -0.2) is 0 Å². The molecular weight excluding hydrogens is 322 g/mol. The second kappa shape index (κ2) is 7.18. The Morgan fingerprint density at radius 3 is 2.58 bits per heavy atom. The Bertz CT molecular complexity index is 913. The highest BCUT2D eigenvalue weighted by molar-refractivity contribution is 7.07. The number of benzene rings is 1. The highest BCUT2D eigenvalue weighted by atomic mass is 32.1. The van der Waals surface area contributed by atoms with E-state index >= 15 is 0 Å². The Morgan fingerprint density at radius 2 is 1.96 bits per heavy atom. The van der Waals surface area contributed by atoms with Crippen LogP contribution in [0.15, 0.2) is 29.1 Å². The van der Waals surface area contributed by atoms with Crippen molar-refractivity contribution < 1.29 is 9.53 Å². The molecule has 0 aliphatic carbocycles. The second-order valence-corrected chi connectivity index (χ2v) is 7.60. The van der Waals surface area contributed by atoms with Crippen LogP contribution in [-0.4, -0.2) is 17.0 Å². The van der Waals surface area contributed by atoms with Crippen LogP contribution in [0.1, 0.15) is 33.3 Å². The summed E-state index contributed by atoms with van der Waals surface area (Å²) < 4.78 is 8.35. The van der Waals surface area contributed by atoms with Crippen molar-refractivity contribution in [3.05, 3.63) is 49.4 Å². The maximum absolute atomic E-state index is 12.5. The van der Waals surface area contributed by atoms with Crippen molar-refractivity contribution in [3.63, 3.8) is 0 Å². The molecule has 0 atom stereocenters. The molecule has 1 aromatic heterocycles. The zero-order valence-corrected chi connectivity index (χ0v) is 15.6. The molecule has 4 nitrogen and oxygen atoms in total. The predicted octanol–water partition coefficient (Wildman–Crippen LogP) is 2.07. The highest BCUT2D eigenvalue weighted by Gasteiger charge is 2.19. The molecule has 0 amide bonds. The van der Waals surface area contributed by atoms with E-state index in [1.807, 2.05) is 58.0 Å². The van der Waals surface area contributed by atoms with Gasteiger partial charge in [-0.3, -0.25) is 9.59 Å². The van der Waals surface area contributed by atoms with E-state index in [0.29, 0.717) is 15.8 Å². The lowest BCUT2D eigenvalue weighted by Gasteiger charge is -2.12. The van der Waals surface area contributed by atoms with Crippen LogP contribution in [0.3, 0.4) is 0 Å². The molecule has 128 valence electrons. The summed E-state index contributed by atoms with van der Waals surface area (Å²) in [5.41, 5.74) is 0.275. The molecule has 0 fully saturated rings. The molecule has 0 unspecified atom stereocenters. The van der Waals surface area contributed by atoms with E-state index in [4.69, 9.17) is 4.74 Å². The van der Waals surface area contributed by atoms with Crippen LogP contribution in [0.25, 0.3) is 12.2 Å². The molecule has 0 saturated heterocycles. The van der Waals surface area contributed by atoms with Gasteiger partial charge in [0.2, 0.25) is 0 Å². The van der Waals surface area contributed by atoms with Crippen molar-refractivity contribution in [1.29, 1.82) is 0 Å². The third-order valence-electron chi connectivity index (χ3n) is 3.56. The Morgan fingerprint density at radius 1 is 1.29 bits per heavy atom. The van der Waals surface area contributed by atoms with Gasteiger partial charge in [-0.1, -0.05) is 39.0 Å². The summed E-state index contributed by atoms with van der Waals surface area (Å²) in [4.78, 5) is 24.7. The lowest BCUT2D eigenvalue weighted by Crippen LogP contribution is -2.30. The molecule has 1 heterocycles. The lowest BCUT2D eigenvalue weighted by atomic mass is 9.91. The van der Waals surface area contributed by atoms with E-state index in [2.05, 4.69) is 0 Å². The molecule has 5 heteroatoms. The molecule has 0 spiro atoms. The zero-order chi connectivity index (χ0) is 17.9. The smallest absolute Gasteiger partial charge is 0.268 e. The first-order valence-electron chi connectivity index (χ1n) is 7.89.